The molecule has 1 heteroatoms. The molecule has 0 aliphatic rings. The molecule has 0 fully saturated rings. The molecule has 1 nitrogen and oxygen atoms in total. The molecular weight excluding hydrogens is 268 g/mol. The maximum absolute atomic E-state index is 6.17. The van der Waals surface area contributed by atoms with E-state index in [1.807, 2.05) is 7.11 Å². The zero-order chi connectivity index (χ0) is 16.7. The van der Waals surface area contributed by atoms with E-state index >= 15 is 0 Å². The van der Waals surface area contributed by atoms with Gasteiger partial charge in [-0.25, -0.2) is 0 Å². The van der Waals surface area contributed by atoms with Crippen molar-refractivity contribution in [1.82, 2.24) is 0 Å². The maximum atomic E-state index is 6.17. The first kappa shape index (κ1) is 22.0. The summed E-state index contributed by atoms with van der Waals surface area (Å²) in [4.78, 5) is 0. The van der Waals surface area contributed by atoms with Gasteiger partial charge in [0.2, 0.25) is 0 Å². The smallest absolute Gasteiger partial charge is 0.0706 e. The summed E-state index contributed by atoms with van der Waals surface area (Å²) in [6.07, 6.45) is 18.8. The number of methoxy groups -OCH3 is 1. The quantitative estimate of drug-likeness (QED) is 0.268. The van der Waals surface area contributed by atoms with Crippen LogP contribution in [0.1, 0.15) is 118 Å². The molecule has 0 amide bonds. The first-order valence-electron chi connectivity index (χ1n) is 10.3. The number of rotatable bonds is 16. The predicted octanol–water partition coefficient (Wildman–Crippen LogP) is 7.53. The molecule has 134 valence electrons. The summed E-state index contributed by atoms with van der Waals surface area (Å²) in [6, 6.07) is 0. The summed E-state index contributed by atoms with van der Waals surface area (Å²) in [5.41, 5.74) is 0.155. The average Bonchev–Trinajstić information content (AvgIpc) is 2.53. The Bertz CT molecular complexity index is 218. The van der Waals surface area contributed by atoms with Crippen LogP contribution in [-0.2, 0) is 4.74 Å². The van der Waals surface area contributed by atoms with Crippen molar-refractivity contribution in [3.8, 4) is 0 Å². The molecule has 0 N–H and O–H groups in total. The van der Waals surface area contributed by atoms with E-state index in [2.05, 4.69) is 27.7 Å². The highest BCUT2D eigenvalue weighted by atomic mass is 16.5. The molecule has 1 atom stereocenters. The largest absolute Gasteiger partial charge is 0.378 e. The maximum Gasteiger partial charge on any atom is 0.0706 e. The molecule has 0 aliphatic heterocycles. The molecular formula is C21H44O. The second-order valence-electron chi connectivity index (χ2n) is 7.16. The summed E-state index contributed by atoms with van der Waals surface area (Å²) >= 11 is 0. The molecule has 0 rings (SSSR count). The molecule has 0 spiro atoms. The van der Waals surface area contributed by atoms with Crippen molar-refractivity contribution in [1.29, 1.82) is 0 Å². The van der Waals surface area contributed by atoms with Gasteiger partial charge in [-0.05, 0) is 31.6 Å². The van der Waals surface area contributed by atoms with Crippen molar-refractivity contribution in [3.05, 3.63) is 0 Å². The Hall–Kier alpha value is -0.0400. The van der Waals surface area contributed by atoms with Crippen LogP contribution < -0.4 is 0 Å². The van der Waals surface area contributed by atoms with Crippen LogP contribution >= 0.6 is 0 Å². The second-order valence-corrected chi connectivity index (χ2v) is 7.16. The van der Waals surface area contributed by atoms with E-state index in [1.165, 1.54) is 89.9 Å². The van der Waals surface area contributed by atoms with Gasteiger partial charge in [0, 0.05) is 7.11 Å². The van der Waals surface area contributed by atoms with E-state index < -0.39 is 0 Å². The highest BCUT2D eigenvalue weighted by molar-refractivity contribution is 4.87. The first-order valence-corrected chi connectivity index (χ1v) is 10.3. The van der Waals surface area contributed by atoms with Crippen molar-refractivity contribution in [2.24, 2.45) is 5.92 Å². The van der Waals surface area contributed by atoms with Gasteiger partial charge in [-0.2, -0.15) is 0 Å². The fraction of sp³-hybridized carbons (Fsp3) is 1.00. The number of hydrogen-bond donors (Lipinski definition) is 0. The van der Waals surface area contributed by atoms with E-state index in [9.17, 15) is 0 Å². The number of unbranched alkanes of at least 4 members (excludes halogenated alkanes) is 6. The third-order valence-corrected chi connectivity index (χ3v) is 5.31. The van der Waals surface area contributed by atoms with Crippen molar-refractivity contribution >= 4 is 0 Å². The lowest BCUT2D eigenvalue weighted by molar-refractivity contribution is -0.0786. The predicted molar refractivity (Wildman–Crippen MR) is 101 cm³/mol. The van der Waals surface area contributed by atoms with Gasteiger partial charge in [0.1, 0.15) is 0 Å². The molecule has 0 heterocycles. The third-order valence-electron chi connectivity index (χ3n) is 5.31. The SMILES string of the molecule is CCCCCCCCC(CCCC)C(CCC)(CCC)OC. The van der Waals surface area contributed by atoms with Gasteiger partial charge in [-0.3, -0.25) is 0 Å². The first-order chi connectivity index (χ1) is 10.7. The van der Waals surface area contributed by atoms with Crippen molar-refractivity contribution in [3.63, 3.8) is 0 Å². The standard InChI is InChI=1S/C21H44O/c1-6-10-12-13-14-15-17-20(16-11-7-2)21(22-5,18-8-3)19-9-4/h20H,6-19H2,1-5H3. The van der Waals surface area contributed by atoms with Crippen molar-refractivity contribution in [2.75, 3.05) is 7.11 Å². The number of hydrogen-bond acceptors (Lipinski definition) is 1. The summed E-state index contributed by atoms with van der Waals surface area (Å²) in [7, 11) is 1.96. The molecule has 0 saturated heterocycles. The van der Waals surface area contributed by atoms with E-state index in [1.54, 1.807) is 0 Å². The highest BCUT2D eigenvalue weighted by Crippen LogP contribution is 2.38. The Morgan fingerprint density at radius 1 is 0.636 bits per heavy atom. The Morgan fingerprint density at radius 3 is 1.64 bits per heavy atom. The molecule has 0 aliphatic carbocycles. The molecule has 22 heavy (non-hydrogen) atoms. The zero-order valence-electron chi connectivity index (χ0n) is 16.4. The normalized spacial score (nSPS) is 13.5. The van der Waals surface area contributed by atoms with Crippen molar-refractivity contribution in [2.45, 2.75) is 123 Å². The second kappa shape index (κ2) is 14.5. The van der Waals surface area contributed by atoms with E-state index in [-0.39, 0.29) is 5.60 Å². The van der Waals surface area contributed by atoms with E-state index in [0.717, 1.165) is 5.92 Å². The van der Waals surface area contributed by atoms with Crippen molar-refractivity contribution < 1.29 is 4.74 Å². The lowest BCUT2D eigenvalue weighted by Crippen LogP contribution is -2.40. The van der Waals surface area contributed by atoms with Gasteiger partial charge in [-0.15, -0.1) is 0 Å². The van der Waals surface area contributed by atoms with Crippen LogP contribution in [0.15, 0.2) is 0 Å². The Labute approximate surface area is 141 Å². The highest BCUT2D eigenvalue weighted by Gasteiger charge is 2.36. The van der Waals surface area contributed by atoms with Gasteiger partial charge < -0.3 is 4.74 Å². The van der Waals surface area contributed by atoms with Gasteiger partial charge in [0.25, 0.3) is 0 Å². The molecule has 0 bridgehead atoms. The van der Waals surface area contributed by atoms with Crippen LogP contribution in [0.5, 0.6) is 0 Å². The van der Waals surface area contributed by atoms with Crippen LogP contribution in [-0.4, -0.2) is 12.7 Å². The van der Waals surface area contributed by atoms with Crippen LogP contribution in [0.2, 0.25) is 0 Å². The minimum Gasteiger partial charge on any atom is -0.378 e. The fourth-order valence-corrected chi connectivity index (χ4v) is 4.04. The van der Waals surface area contributed by atoms with Gasteiger partial charge in [0.05, 0.1) is 5.60 Å². The molecule has 0 aromatic heterocycles. The van der Waals surface area contributed by atoms with Gasteiger partial charge in [0.15, 0.2) is 0 Å². The Kier molecular flexibility index (Phi) is 14.5. The average molecular weight is 313 g/mol. The molecule has 1 unspecified atom stereocenters. The molecule has 0 radical (unpaired) electrons. The summed E-state index contributed by atoms with van der Waals surface area (Å²) in [5.74, 6) is 0.767. The van der Waals surface area contributed by atoms with Gasteiger partial charge >= 0.3 is 0 Å². The van der Waals surface area contributed by atoms with Crippen LogP contribution in [0.25, 0.3) is 0 Å². The van der Waals surface area contributed by atoms with E-state index in [0.29, 0.717) is 0 Å². The summed E-state index contributed by atoms with van der Waals surface area (Å²) in [6.45, 7) is 9.23. The van der Waals surface area contributed by atoms with Crippen LogP contribution in [0.3, 0.4) is 0 Å². The minimum atomic E-state index is 0.155. The number of ether oxygens (including phenoxy) is 1. The van der Waals surface area contributed by atoms with Crippen LogP contribution in [0.4, 0.5) is 0 Å². The Morgan fingerprint density at radius 2 is 1.14 bits per heavy atom. The van der Waals surface area contributed by atoms with Crippen LogP contribution in [0, 0.1) is 5.92 Å². The third kappa shape index (κ3) is 8.56. The summed E-state index contributed by atoms with van der Waals surface area (Å²) < 4.78 is 6.17. The Balaban J connectivity index is 4.53. The lowest BCUT2D eigenvalue weighted by Gasteiger charge is -2.40. The minimum absolute atomic E-state index is 0.155. The fourth-order valence-electron chi connectivity index (χ4n) is 4.04. The van der Waals surface area contributed by atoms with Gasteiger partial charge in [-0.1, -0.05) is 91.9 Å². The van der Waals surface area contributed by atoms with E-state index in [4.69, 9.17) is 4.74 Å². The molecule has 0 aromatic carbocycles. The zero-order valence-corrected chi connectivity index (χ0v) is 16.4. The lowest BCUT2D eigenvalue weighted by atomic mass is 9.75. The topological polar surface area (TPSA) is 9.23 Å². The molecule has 0 aromatic rings. The summed E-state index contributed by atoms with van der Waals surface area (Å²) in [5, 5.41) is 0. The molecule has 0 saturated carbocycles. The monoisotopic (exact) mass is 312 g/mol.